The Hall–Kier alpha value is -1.80. The molecule has 0 amide bonds. The predicted octanol–water partition coefficient (Wildman–Crippen LogP) is 2.53. The van der Waals surface area contributed by atoms with Crippen LogP contribution < -0.4 is 9.47 Å². The van der Waals surface area contributed by atoms with Crippen LogP contribution in [0.2, 0.25) is 0 Å². The number of ether oxygens (including phenoxy) is 2. The van der Waals surface area contributed by atoms with Crippen molar-refractivity contribution in [2.75, 3.05) is 13.2 Å². The van der Waals surface area contributed by atoms with Crippen LogP contribution in [0.1, 0.15) is 38.7 Å². The maximum absolute atomic E-state index is 11.6. The molecule has 0 heterocycles. The number of aliphatic carboxylic acids is 1. The van der Waals surface area contributed by atoms with Crippen LogP contribution in [0.5, 0.6) is 11.5 Å². The second kappa shape index (κ2) is 8.73. The summed E-state index contributed by atoms with van der Waals surface area (Å²) in [7, 11) is -4.49. The van der Waals surface area contributed by atoms with Crippen LogP contribution in [0, 0.1) is 0 Å². The second-order valence-corrected chi connectivity index (χ2v) is 6.33. The lowest BCUT2D eigenvalue weighted by Crippen LogP contribution is -2.11. The third kappa shape index (κ3) is 5.72. The first-order valence-corrected chi connectivity index (χ1v) is 8.86. The van der Waals surface area contributed by atoms with Gasteiger partial charge in [0.05, 0.1) is 13.2 Å². The summed E-state index contributed by atoms with van der Waals surface area (Å²) in [6.45, 7) is 4.53. The molecule has 0 aliphatic heterocycles. The van der Waals surface area contributed by atoms with Gasteiger partial charge in [-0.1, -0.05) is 13.8 Å². The molecule has 1 rings (SSSR count). The lowest BCUT2D eigenvalue weighted by atomic mass is 10.1. The molecule has 23 heavy (non-hydrogen) atoms. The van der Waals surface area contributed by atoms with Gasteiger partial charge in [0.2, 0.25) is 0 Å². The Morgan fingerprint density at radius 3 is 2.26 bits per heavy atom. The highest BCUT2D eigenvalue weighted by Gasteiger charge is 2.23. The van der Waals surface area contributed by atoms with Crippen molar-refractivity contribution in [3.63, 3.8) is 0 Å². The monoisotopic (exact) mass is 346 g/mol. The number of hydrogen-bond acceptors (Lipinski definition) is 5. The first-order chi connectivity index (χ1) is 10.8. The third-order valence-corrected chi connectivity index (χ3v) is 3.90. The topological polar surface area (TPSA) is 110 Å². The van der Waals surface area contributed by atoms with E-state index in [1.165, 1.54) is 12.1 Å². The number of rotatable bonds is 10. The van der Waals surface area contributed by atoms with Gasteiger partial charge in [0, 0.05) is 12.0 Å². The van der Waals surface area contributed by atoms with E-state index < -0.39 is 16.1 Å². The number of benzene rings is 1. The Labute approximate surface area is 136 Å². The number of carboxylic acid groups (broad SMARTS) is 1. The van der Waals surface area contributed by atoms with E-state index in [9.17, 15) is 17.8 Å². The minimum atomic E-state index is -4.49. The van der Waals surface area contributed by atoms with Crippen molar-refractivity contribution in [3.05, 3.63) is 17.7 Å². The molecule has 1 aromatic carbocycles. The fourth-order valence-corrected chi connectivity index (χ4v) is 2.73. The Bertz CT molecular complexity index is 637. The van der Waals surface area contributed by atoms with E-state index in [0.717, 1.165) is 6.42 Å². The van der Waals surface area contributed by atoms with Crippen LogP contribution in [0.3, 0.4) is 0 Å². The van der Waals surface area contributed by atoms with Crippen LogP contribution >= 0.6 is 0 Å². The minimum absolute atomic E-state index is 0.0904. The summed E-state index contributed by atoms with van der Waals surface area (Å²) >= 11 is 0. The molecule has 0 saturated heterocycles. The summed E-state index contributed by atoms with van der Waals surface area (Å²) in [4.78, 5) is 10.5. The fourth-order valence-electron chi connectivity index (χ4n) is 1.99. The summed E-state index contributed by atoms with van der Waals surface area (Å²) < 4.78 is 43.6. The molecule has 0 spiro atoms. The average Bonchev–Trinajstić information content (AvgIpc) is 2.47. The van der Waals surface area contributed by atoms with E-state index >= 15 is 0 Å². The molecule has 0 atom stereocenters. The Balaban J connectivity index is 3.40. The molecule has 8 heteroatoms. The van der Waals surface area contributed by atoms with Crippen molar-refractivity contribution in [3.8, 4) is 11.5 Å². The van der Waals surface area contributed by atoms with Gasteiger partial charge in [-0.15, -0.1) is 0 Å². The van der Waals surface area contributed by atoms with E-state index in [4.69, 9.17) is 14.6 Å². The molecule has 0 aliphatic carbocycles. The van der Waals surface area contributed by atoms with Gasteiger partial charge < -0.3 is 14.6 Å². The van der Waals surface area contributed by atoms with Gasteiger partial charge >= 0.3 is 5.97 Å². The molecule has 0 radical (unpaired) electrons. The molecule has 1 aromatic rings. The highest BCUT2D eigenvalue weighted by molar-refractivity contribution is 7.85. The smallest absolute Gasteiger partial charge is 0.303 e. The number of carboxylic acids is 1. The van der Waals surface area contributed by atoms with E-state index in [1.54, 1.807) is 0 Å². The van der Waals surface area contributed by atoms with Gasteiger partial charge in [0.25, 0.3) is 10.1 Å². The van der Waals surface area contributed by atoms with E-state index in [1.807, 2.05) is 13.8 Å². The molecule has 2 N–H and O–H groups in total. The molecule has 7 nitrogen and oxygen atoms in total. The van der Waals surface area contributed by atoms with Gasteiger partial charge in [-0.25, -0.2) is 0 Å². The van der Waals surface area contributed by atoms with Crippen molar-refractivity contribution in [1.29, 1.82) is 0 Å². The molecule has 0 bridgehead atoms. The summed E-state index contributed by atoms with van der Waals surface area (Å²) in [6.07, 6.45) is 1.05. The predicted molar refractivity (Wildman–Crippen MR) is 83.8 cm³/mol. The van der Waals surface area contributed by atoms with Crippen molar-refractivity contribution in [2.45, 2.75) is 44.4 Å². The standard InChI is InChI=1S/C15H22O7S/c1-3-9-21-12-6-7-13(23(18,19)20)11(5-8-14(16)17)15(12)22-10-4-2/h6-7H,3-5,8-10H2,1-2H3,(H,16,17)(H,18,19,20). The van der Waals surface area contributed by atoms with Crippen LogP contribution in [0.15, 0.2) is 17.0 Å². The maximum atomic E-state index is 11.6. The van der Waals surface area contributed by atoms with Crippen LogP contribution in [-0.4, -0.2) is 37.3 Å². The van der Waals surface area contributed by atoms with Gasteiger partial charge in [-0.05, 0) is 31.4 Å². The highest BCUT2D eigenvalue weighted by Crippen LogP contribution is 2.37. The van der Waals surface area contributed by atoms with Crippen molar-refractivity contribution < 1.29 is 32.3 Å². The zero-order valence-corrected chi connectivity index (χ0v) is 14.1. The molecular formula is C15H22O7S. The lowest BCUT2D eigenvalue weighted by Gasteiger charge is -2.18. The fraction of sp³-hybridized carbons (Fsp3) is 0.533. The first-order valence-electron chi connectivity index (χ1n) is 7.42. The normalized spacial score (nSPS) is 11.3. The third-order valence-electron chi connectivity index (χ3n) is 2.96. The molecular weight excluding hydrogens is 324 g/mol. The lowest BCUT2D eigenvalue weighted by molar-refractivity contribution is -0.136. The Kier molecular flexibility index (Phi) is 7.31. The molecule has 0 fully saturated rings. The molecule has 0 aromatic heterocycles. The highest BCUT2D eigenvalue weighted by atomic mass is 32.2. The molecule has 0 aliphatic rings. The minimum Gasteiger partial charge on any atom is -0.490 e. The van der Waals surface area contributed by atoms with Crippen molar-refractivity contribution in [2.24, 2.45) is 0 Å². The van der Waals surface area contributed by atoms with Gasteiger partial charge in [-0.3, -0.25) is 9.35 Å². The van der Waals surface area contributed by atoms with Crippen LogP contribution in [0.25, 0.3) is 0 Å². The average molecular weight is 346 g/mol. The number of hydrogen-bond donors (Lipinski definition) is 2. The van der Waals surface area contributed by atoms with E-state index in [0.29, 0.717) is 25.4 Å². The zero-order chi connectivity index (χ0) is 17.5. The summed E-state index contributed by atoms with van der Waals surface area (Å²) in [6, 6.07) is 2.62. The quantitative estimate of drug-likeness (QED) is 0.626. The zero-order valence-electron chi connectivity index (χ0n) is 13.2. The largest absolute Gasteiger partial charge is 0.490 e. The van der Waals surface area contributed by atoms with Crippen molar-refractivity contribution in [1.82, 2.24) is 0 Å². The maximum Gasteiger partial charge on any atom is 0.303 e. The molecule has 0 saturated carbocycles. The van der Waals surface area contributed by atoms with Crippen molar-refractivity contribution >= 4 is 16.1 Å². The van der Waals surface area contributed by atoms with Gasteiger partial charge in [0.1, 0.15) is 4.90 Å². The summed E-state index contributed by atoms with van der Waals surface area (Å²) in [5.41, 5.74) is 0.122. The summed E-state index contributed by atoms with van der Waals surface area (Å²) in [5.74, 6) is -0.558. The first kappa shape index (κ1) is 19.2. The molecule has 0 unspecified atom stereocenters. The second-order valence-electron chi connectivity index (χ2n) is 4.94. The Morgan fingerprint density at radius 2 is 1.74 bits per heavy atom. The van der Waals surface area contributed by atoms with Gasteiger partial charge in [0.15, 0.2) is 11.5 Å². The molecule has 130 valence electrons. The Morgan fingerprint density at radius 1 is 1.13 bits per heavy atom. The number of carbonyl (C=O) groups is 1. The van der Waals surface area contributed by atoms with Crippen LogP contribution in [-0.2, 0) is 21.3 Å². The van der Waals surface area contributed by atoms with Gasteiger partial charge in [-0.2, -0.15) is 8.42 Å². The van der Waals surface area contributed by atoms with E-state index in [2.05, 4.69) is 0 Å². The van der Waals surface area contributed by atoms with Crippen LogP contribution in [0.4, 0.5) is 0 Å². The SMILES string of the molecule is CCCOc1ccc(S(=O)(=O)O)c(CCC(=O)O)c1OCCC. The van der Waals surface area contributed by atoms with E-state index in [-0.39, 0.29) is 29.1 Å². The summed E-state index contributed by atoms with van der Waals surface area (Å²) in [5, 5.41) is 8.86.